The Balaban J connectivity index is 1.56. The van der Waals surface area contributed by atoms with Crippen molar-refractivity contribution in [2.24, 2.45) is 0 Å². The SMILES string of the molecule is CSNc1cncc(-c2nnc(Nc3ccc4[nH]ncc4c3)s2)c1. The third-order valence-corrected chi connectivity index (χ3v) is 4.65. The van der Waals surface area contributed by atoms with Crippen LogP contribution < -0.4 is 10.0 Å². The van der Waals surface area contributed by atoms with E-state index in [9.17, 15) is 0 Å². The maximum absolute atomic E-state index is 4.25. The molecule has 1 aromatic carbocycles. The van der Waals surface area contributed by atoms with Gasteiger partial charge in [-0.1, -0.05) is 23.3 Å². The van der Waals surface area contributed by atoms with Gasteiger partial charge in [-0.25, -0.2) is 0 Å². The van der Waals surface area contributed by atoms with Crippen LogP contribution >= 0.6 is 23.3 Å². The van der Waals surface area contributed by atoms with Crippen molar-refractivity contribution in [1.82, 2.24) is 25.4 Å². The summed E-state index contributed by atoms with van der Waals surface area (Å²) in [6.07, 6.45) is 7.33. The van der Waals surface area contributed by atoms with Crippen molar-refractivity contribution in [3.63, 3.8) is 0 Å². The lowest BCUT2D eigenvalue weighted by Crippen LogP contribution is -1.88. The van der Waals surface area contributed by atoms with Gasteiger partial charge >= 0.3 is 0 Å². The van der Waals surface area contributed by atoms with E-state index in [0.29, 0.717) is 0 Å². The summed E-state index contributed by atoms with van der Waals surface area (Å²) in [7, 11) is 0. The van der Waals surface area contributed by atoms with Crippen LogP contribution in [0.25, 0.3) is 21.5 Å². The average Bonchev–Trinajstić information content (AvgIpc) is 3.24. The molecule has 9 heteroatoms. The number of anilines is 3. The maximum atomic E-state index is 4.25. The predicted octanol–water partition coefficient (Wildman–Crippen LogP) is 3.91. The molecular formula is C15H13N7S2. The van der Waals surface area contributed by atoms with Gasteiger partial charge in [-0.05, 0) is 24.3 Å². The second kappa shape index (κ2) is 6.46. The number of benzene rings is 1. The molecule has 4 rings (SSSR count). The standard InChI is InChI=1S/C15H13N7S2/c1-23-22-12-5-10(6-16-8-12)14-20-21-15(24-14)18-11-2-3-13-9(4-11)7-17-19-13/h2-8,22H,1H3,(H,17,19)(H,18,21). The first-order valence-electron chi connectivity index (χ1n) is 7.10. The molecule has 0 aliphatic heterocycles. The Labute approximate surface area is 146 Å². The molecule has 3 aromatic heterocycles. The van der Waals surface area contributed by atoms with Gasteiger partial charge in [0.15, 0.2) is 5.01 Å². The number of rotatable bonds is 5. The summed E-state index contributed by atoms with van der Waals surface area (Å²) in [6, 6.07) is 7.98. The quantitative estimate of drug-likeness (QED) is 0.467. The number of pyridine rings is 1. The molecule has 4 aromatic rings. The van der Waals surface area contributed by atoms with E-state index >= 15 is 0 Å². The highest BCUT2D eigenvalue weighted by Gasteiger charge is 2.08. The van der Waals surface area contributed by atoms with Crippen molar-refractivity contribution in [3.05, 3.63) is 42.9 Å². The van der Waals surface area contributed by atoms with E-state index in [0.717, 1.165) is 38.0 Å². The summed E-state index contributed by atoms with van der Waals surface area (Å²) in [6.45, 7) is 0. The smallest absolute Gasteiger partial charge is 0.210 e. The van der Waals surface area contributed by atoms with E-state index in [1.165, 1.54) is 23.3 Å². The van der Waals surface area contributed by atoms with E-state index in [2.05, 4.69) is 35.4 Å². The number of aromatic nitrogens is 5. The second-order valence-corrected chi connectivity index (χ2v) is 6.57. The Morgan fingerprint density at radius 3 is 2.96 bits per heavy atom. The van der Waals surface area contributed by atoms with Crippen molar-refractivity contribution in [2.75, 3.05) is 16.3 Å². The number of fused-ring (bicyclic) bond motifs is 1. The van der Waals surface area contributed by atoms with Gasteiger partial charge in [0, 0.05) is 29.1 Å². The molecular weight excluding hydrogens is 342 g/mol. The zero-order chi connectivity index (χ0) is 16.4. The largest absolute Gasteiger partial charge is 0.330 e. The van der Waals surface area contributed by atoms with Crippen LogP contribution in [0.1, 0.15) is 0 Å². The lowest BCUT2D eigenvalue weighted by molar-refractivity contribution is 1.09. The molecule has 0 saturated heterocycles. The molecule has 0 radical (unpaired) electrons. The van der Waals surface area contributed by atoms with Crippen LogP contribution in [0.4, 0.5) is 16.5 Å². The molecule has 120 valence electrons. The summed E-state index contributed by atoms with van der Waals surface area (Å²) < 4.78 is 3.16. The first-order chi connectivity index (χ1) is 11.8. The minimum absolute atomic E-state index is 0.732. The lowest BCUT2D eigenvalue weighted by atomic mass is 10.2. The molecule has 0 bridgehead atoms. The summed E-state index contributed by atoms with van der Waals surface area (Å²) in [4.78, 5) is 4.23. The number of nitrogens with zero attached hydrogens (tertiary/aromatic N) is 4. The molecule has 0 fully saturated rings. The van der Waals surface area contributed by atoms with E-state index in [1.807, 2.05) is 30.5 Å². The Hall–Kier alpha value is -2.65. The monoisotopic (exact) mass is 355 g/mol. The van der Waals surface area contributed by atoms with Crippen molar-refractivity contribution in [2.45, 2.75) is 0 Å². The minimum atomic E-state index is 0.732. The van der Waals surface area contributed by atoms with E-state index in [-0.39, 0.29) is 0 Å². The zero-order valence-corrected chi connectivity index (χ0v) is 14.3. The number of H-pyrrole nitrogens is 1. The highest BCUT2D eigenvalue weighted by molar-refractivity contribution is 7.99. The Bertz CT molecular complexity index is 979. The second-order valence-electron chi connectivity index (χ2n) is 4.98. The molecule has 7 nitrogen and oxygen atoms in total. The van der Waals surface area contributed by atoms with Crippen molar-refractivity contribution in [3.8, 4) is 10.6 Å². The van der Waals surface area contributed by atoms with E-state index < -0.39 is 0 Å². The molecule has 0 amide bonds. The normalized spacial score (nSPS) is 10.9. The van der Waals surface area contributed by atoms with Crippen molar-refractivity contribution >= 4 is 50.7 Å². The van der Waals surface area contributed by atoms with Gasteiger partial charge in [0.05, 0.1) is 23.6 Å². The Morgan fingerprint density at radius 2 is 2.04 bits per heavy atom. The molecule has 0 atom stereocenters. The average molecular weight is 355 g/mol. The highest BCUT2D eigenvalue weighted by atomic mass is 32.2. The zero-order valence-electron chi connectivity index (χ0n) is 12.6. The maximum Gasteiger partial charge on any atom is 0.210 e. The third-order valence-electron chi connectivity index (χ3n) is 3.32. The molecule has 0 spiro atoms. The number of hydrogen-bond acceptors (Lipinski definition) is 8. The molecule has 3 heterocycles. The van der Waals surface area contributed by atoms with E-state index in [1.54, 1.807) is 18.6 Å². The molecule has 0 saturated carbocycles. The fourth-order valence-corrected chi connectivity index (χ4v) is 3.36. The minimum Gasteiger partial charge on any atom is -0.330 e. The van der Waals surface area contributed by atoms with Gasteiger partial charge in [0.1, 0.15) is 0 Å². The highest BCUT2D eigenvalue weighted by Crippen LogP contribution is 2.30. The van der Waals surface area contributed by atoms with Crippen LogP contribution in [-0.4, -0.2) is 31.6 Å². The molecule has 0 aliphatic carbocycles. The van der Waals surface area contributed by atoms with Gasteiger partial charge in [-0.2, -0.15) is 5.10 Å². The van der Waals surface area contributed by atoms with Gasteiger partial charge in [0.25, 0.3) is 0 Å². The number of nitrogens with one attached hydrogen (secondary N) is 3. The van der Waals surface area contributed by atoms with Crippen LogP contribution in [0.2, 0.25) is 0 Å². The van der Waals surface area contributed by atoms with Crippen LogP contribution in [0, 0.1) is 0 Å². The first kappa shape index (κ1) is 14.9. The van der Waals surface area contributed by atoms with Crippen LogP contribution in [-0.2, 0) is 0 Å². The van der Waals surface area contributed by atoms with Crippen LogP contribution in [0.15, 0.2) is 42.9 Å². The topological polar surface area (TPSA) is 91.4 Å². The molecule has 24 heavy (non-hydrogen) atoms. The van der Waals surface area contributed by atoms with Gasteiger partial charge < -0.3 is 10.0 Å². The first-order valence-corrected chi connectivity index (χ1v) is 9.14. The predicted molar refractivity (Wildman–Crippen MR) is 99.7 cm³/mol. The summed E-state index contributed by atoms with van der Waals surface area (Å²) in [5.74, 6) is 0. The summed E-state index contributed by atoms with van der Waals surface area (Å²) in [5.41, 5.74) is 3.82. The van der Waals surface area contributed by atoms with Crippen LogP contribution in [0.5, 0.6) is 0 Å². The van der Waals surface area contributed by atoms with Gasteiger partial charge in [0.2, 0.25) is 5.13 Å². The summed E-state index contributed by atoms with van der Waals surface area (Å²) in [5, 5.41) is 21.3. The van der Waals surface area contributed by atoms with Gasteiger partial charge in [-0.3, -0.25) is 10.1 Å². The van der Waals surface area contributed by atoms with Crippen LogP contribution in [0.3, 0.4) is 0 Å². The molecule has 3 N–H and O–H groups in total. The van der Waals surface area contributed by atoms with E-state index in [4.69, 9.17) is 0 Å². The van der Waals surface area contributed by atoms with Gasteiger partial charge in [-0.15, -0.1) is 10.2 Å². The fourth-order valence-electron chi connectivity index (χ4n) is 2.26. The Morgan fingerprint density at radius 1 is 1.08 bits per heavy atom. The lowest BCUT2D eigenvalue weighted by Gasteiger charge is -2.02. The molecule has 0 aliphatic rings. The Kier molecular flexibility index (Phi) is 4.01. The fraction of sp³-hybridized carbons (Fsp3) is 0.0667. The number of hydrogen-bond donors (Lipinski definition) is 3. The van der Waals surface area contributed by atoms with Crippen molar-refractivity contribution in [1.29, 1.82) is 0 Å². The van der Waals surface area contributed by atoms with Crippen molar-refractivity contribution < 1.29 is 0 Å². The summed E-state index contributed by atoms with van der Waals surface area (Å²) >= 11 is 3.01. The molecule has 0 unspecified atom stereocenters. The third kappa shape index (κ3) is 3.03. The number of aromatic amines is 1.